The summed E-state index contributed by atoms with van der Waals surface area (Å²) in [7, 11) is 0. The third-order valence-corrected chi connectivity index (χ3v) is 2.07. The summed E-state index contributed by atoms with van der Waals surface area (Å²) in [5.41, 5.74) is 1.39. The van der Waals surface area contributed by atoms with Gasteiger partial charge in [0.25, 0.3) is 0 Å². The van der Waals surface area contributed by atoms with Crippen molar-refractivity contribution in [1.29, 1.82) is 0 Å². The maximum absolute atomic E-state index is 2.31. The molecule has 0 aliphatic carbocycles. The minimum Gasteiger partial charge on any atom is -0.0619 e. The predicted molar refractivity (Wildman–Crippen MR) is 52.8 cm³/mol. The van der Waals surface area contributed by atoms with Gasteiger partial charge >= 0.3 is 0 Å². The highest BCUT2D eigenvalue weighted by Gasteiger charge is 1.89. The molecule has 0 aromatic heterocycles. The molecule has 0 aliphatic heterocycles. The molecule has 1 aromatic rings. The van der Waals surface area contributed by atoms with E-state index in [1.54, 1.807) is 0 Å². The Morgan fingerprint density at radius 1 is 1.30 bits per heavy atom. The molecule has 53 valence electrons. The molecule has 0 amide bonds. The monoisotopic (exact) mass is 245 g/mol. The smallest absolute Gasteiger partial charge is 0.0130 e. The number of halogens is 1. The van der Waals surface area contributed by atoms with Gasteiger partial charge in [-0.15, -0.1) is 0 Å². The van der Waals surface area contributed by atoms with Gasteiger partial charge in [-0.2, -0.15) is 0 Å². The Morgan fingerprint density at radius 2 is 1.90 bits per heavy atom. The quantitative estimate of drug-likeness (QED) is 0.702. The summed E-state index contributed by atoms with van der Waals surface area (Å²) in [6.45, 7) is 2.08. The van der Waals surface area contributed by atoms with Crippen molar-refractivity contribution in [3.63, 3.8) is 0 Å². The minimum atomic E-state index is 1.08. The molecule has 1 rings (SSSR count). The van der Waals surface area contributed by atoms with E-state index in [4.69, 9.17) is 0 Å². The Labute approximate surface area is 75.8 Å². The van der Waals surface area contributed by atoms with E-state index in [0.29, 0.717) is 0 Å². The number of hydrogen-bond donors (Lipinski definition) is 0. The molecule has 0 atom stereocenters. The van der Waals surface area contributed by atoms with Gasteiger partial charge in [-0.3, -0.25) is 0 Å². The molecule has 10 heavy (non-hydrogen) atoms. The van der Waals surface area contributed by atoms with Gasteiger partial charge in [-0.05, 0) is 53.1 Å². The Hall–Kier alpha value is -0.0500. The molecule has 0 bridgehead atoms. The molecule has 0 saturated heterocycles. The summed E-state index contributed by atoms with van der Waals surface area (Å²) in [6, 6.07) is 8.61. The van der Waals surface area contributed by atoms with E-state index in [0.717, 1.165) is 6.42 Å². The molecule has 0 nitrogen and oxygen atoms in total. The van der Waals surface area contributed by atoms with Crippen LogP contribution in [0.4, 0.5) is 0 Å². The summed E-state index contributed by atoms with van der Waals surface area (Å²) in [6.07, 6.45) is 3.25. The van der Waals surface area contributed by atoms with Crippen molar-refractivity contribution in [2.24, 2.45) is 0 Å². The van der Waals surface area contributed by atoms with E-state index in [-0.39, 0.29) is 0 Å². The lowest BCUT2D eigenvalue weighted by Crippen LogP contribution is -1.82. The summed E-state index contributed by atoms with van der Waals surface area (Å²) < 4.78 is 1.30. The van der Waals surface area contributed by atoms with Gasteiger partial charge in [-0.1, -0.05) is 19.1 Å². The molecule has 0 fully saturated rings. The average molecular weight is 245 g/mol. The van der Waals surface area contributed by atoms with E-state index in [2.05, 4.69) is 60.2 Å². The van der Waals surface area contributed by atoms with Crippen LogP contribution in [0.2, 0.25) is 0 Å². The zero-order chi connectivity index (χ0) is 7.40. The van der Waals surface area contributed by atoms with Crippen molar-refractivity contribution in [2.45, 2.75) is 13.3 Å². The van der Waals surface area contributed by atoms with Crippen LogP contribution in [-0.4, -0.2) is 0 Å². The third kappa shape index (κ3) is 2.29. The van der Waals surface area contributed by atoms with Gasteiger partial charge in [-0.25, -0.2) is 0 Å². The minimum absolute atomic E-state index is 1.08. The van der Waals surface area contributed by atoms with Gasteiger partial charge in [0.2, 0.25) is 0 Å². The highest BCUT2D eigenvalue weighted by atomic mass is 127. The zero-order valence-electron chi connectivity index (χ0n) is 5.97. The SMILES string of the molecule is C[CH]Cc1ccc(I)cc1. The Morgan fingerprint density at radius 3 is 2.40 bits per heavy atom. The van der Waals surface area contributed by atoms with Gasteiger partial charge in [0.05, 0.1) is 0 Å². The second-order valence-corrected chi connectivity index (χ2v) is 3.48. The standard InChI is InChI=1S/C9H10I/c1-2-3-8-4-6-9(10)7-5-8/h2,4-7H,3H2,1H3. The molecule has 1 heteroatoms. The van der Waals surface area contributed by atoms with Crippen LogP contribution in [0.3, 0.4) is 0 Å². The van der Waals surface area contributed by atoms with Crippen LogP contribution in [0, 0.1) is 9.99 Å². The molecule has 0 N–H and O–H groups in total. The second kappa shape index (κ2) is 3.96. The van der Waals surface area contributed by atoms with Crippen molar-refractivity contribution in [2.75, 3.05) is 0 Å². The van der Waals surface area contributed by atoms with E-state index >= 15 is 0 Å². The lowest BCUT2D eigenvalue weighted by Gasteiger charge is -1.96. The molecule has 0 heterocycles. The highest BCUT2D eigenvalue weighted by molar-refractivity contribution is 14.1. The first-order chi connectivity index (χ1) is 4.83. The normalized spacial score (nSPS) is 9.80. The van der Waals surface area contributed by atoms with E-state index in [1.165, 1.54) is 9.13 Å². The van der Waals surface area contributed by atoms with Crippen LogP contribution in [0.5, 0.6) is 0 Å². The van der Waals surface area contributed by atoms with Crippen LogP contribution in [0.15, 0.2) is 24.3 Å². The first kappa shape index (κ1) is 8.05. The zero-order valence-corrected chi connectivity index (χ0v) is 8.13. The Bertz CT molecular complexity index is 188. The van der Waals surface area contributed by atoms with Gasteiger partial charge in [0.1, 0.15) is 0 Å². The van der Waals surface area contributed by atoms with Crippen LogP contribution in [0.25, 0.3) is 0 Å². The lowest BCUT2D eigenvalue weighted by molar-refractivity contribution is 1.14. The fourth-order valence-electron chi connectivity index (χ4n) is 0.856. The number of rotatable bonds is 2. The van der Waals surface area contributed by atoms with Crippen LogP contribution < -0.4 is 0 Å². The van der Waals surface area contributed by atoms with Crippen molar-refractivity contribution in [3.05, 3.63) is 39.8 Å². The fourth-order valence-corrected chi connectivity index (χ4v) is 1.22. The Balaban J connectivity index is 2.69. The molecule has 0 saturated carbocycles. The third-order valence-electron chi connectivity index (χ3n) is 1.35. The maximum atomic E-state index is 2.31. The number of benzene rings is 1. The first-order valence-electron chi connectivity index (χ1n) is 3.35. The first-order valence-corrected chi connectivity index (χ1v) is 4.43. The maximum Gasteiger partial charge on any atom is 0.0130 e. The number of hydrogen-bond acceptors (Lipinski definition) is 0. The summed E-state index contributed by atoms with van der Waals surface area (Å²) in [5, 5.41) is 0. The van der Waals surface area contributed by atoms with Crippen molar-refractivity contribution >= 4 is 22.6 Å². The second-order valence-electron chi connectivity index (χ2n) is 2.24. The molecule has 1 aromatic carbocycles. The average Bonchev–Trinajstić information content (AvgIpc) is 1.95. The fraction of sp³-hybridized carbons (Fsp3) is 0.222. The summed E-state index contributed by atoms with van der Waals surface area (Å²) in [5.74, 6) is 0. The molecular weight excluding hydrogens is 235 g/mol. The molecule has 0 unspecified atom stereocenters. The molecule has 0 aliphatic rings. The summed E-state index contributed by atoms with van der Waals surface area (Å²) >= 11 is 2.31. The van der Waals surface area contributed by atoms with Crippen molar-refractivity contribution in [1.82, 2.24) is 0 Å². The largest absolute Gasteiger partial charge is 0.0619 e. The molecular formula is C9H10I. The van der Waals surface area contributed by atoms with E-state index in [9.17, 15) is 0 Å². The topological polar surface area (TPSA) is 0 Å². The Kier molecular flexibility index (Phi) is 3.19. The van der Waals surface area contributed by atoms with E-state index in [1.807, 2.05) is 0 Å². The highest BCUT2D eigenvalue weighted by Crippen LogP contribution is 2.07. The summed E-state index contributed by atoms with van der Waals surface area (Å²) in [4.78, 5) is 0. The molecule has 1 radical (unpaired) electrons. The predicted octanol–water partition coefficient (Wildman–Crippen LogP) is 3.06. The van der Waals surface area contributed by atoms with Crippen LogP contribution >= 0.6 is 22.6 Å². The van der Waals surface area contributed by atoms with Gasteiger partial charge in [0.15, 0.2) is 0 Å². The van der Waals surface area contributed by atoms with Gasteiger partial charge < -0.3 is 0 Å². The lowest BCUT2D eigenvalue weighted by atomic mass is 10.1. The van der Waals surface area contributed by atoms with Crippen LogP contribution in [0.1, 0.15) is 12.5 Å². The van der Waals surface area contributed by atoms with E-state index < -0.39 is 0 Å². The van der Waals surface area contributed by atoms with Crippen LogP contribution in [-0.2, 0) is 6.42 Å². The van der Waals surface area contributed by atoms with Gasteiger partial charge in [0, 0.05) is 3.57 Å². The van der Waals surface area contributed by atoms with Crippen molar-refractivity contribution < 1.29 is 0 Å². The van der Waals surface area contributed by atoms with Crippen molar-refractivity contribution in [3.8, 4) is 0 Å². The molecule has 0 spiro atoms.